The maximum absolute atomic E-state index is 12.1. The van der Waals surface area contributed by atoms with Gasteiger partial charge in [0.2, 0.25) is 0 Å². The number of aliphatic hydroxyl groups is 1. The van der Waals surface area contributed by atoms with Gasteiger partial charge in [-0.2, -0.15) is 0 Å². The third-order valence-corrected chi connectivity index (χ3v) is 2.76. The molecule has 6 heteroatoms. The van der Waals surface area contributed by atoms with Gasteiger partial charge in [0.25, 0.3) is 0 Å². The molecule has 0 heterocycles. The van der Waals surface area contributed by atoms with Crippen molar-refractivity contribution in [2.45, 2.75) is 45.4 Å². The standard InChI is InChI=1S/C16H23NO5/c1-15(2,3)22-14(20)17-16(4,11-18)13(19)21-10-12-8-6-5-7-9-12/h5-9,18H,10-11H2,1-4H3,(H,17,20)/t16-/m1/s1. The van der Waals surface area contributed by atoms with Crippen molar-refractivity contribution in [2.24, 2.45) is 0 Å². The lowest BCUT2D eigenvalue weighted by molar-refractivity contribution is -0.154. The minimum absolute atomic E-state index is 0.0608. The first-order valence-corrected chi connectivity index (χ1v) is 6.99. The Labute approximate surface area is 130 Å². The predicted molar refractivity (Wildman–Crippen MR) is 81.1 cm³/mol. The Hall–Kier alpha value is -2.08. The first-order valence-electron chi connectivity index (χ1n) is 6.99. The number of nitrogens with one attached hydrogen (secondary N) is 1. The van der Waals surface area contributed by atoms with Gasteiger partial charge < -0.3 is 19.9 Å². The summed E-state index contributed by atoms with van der Waals surface area (Å²) in [7, 11) is 0. The zero-order valence-corrected chi connectivity index (χ0v) is 13.4. The van der Waals surface area contributed by atoms with Crippen molar-refractivity contribution in [3.63, 3.8) is 0 Å². The molecular weight excluding hydrogens is 286 g/mol. The quantitative estimate of drug-likeness (QED) is 0.813. The van der Waals surface area contributed by atoms with Crippen LogP contribution in [0, 0.1) is 0 Å². The van der Waals surface area contributed by atoms with Gasteiger partial charge >= 0.3 is 12.1 Å². The Bertz CT molecular complexity index is 509. The van der Waals surface area contributed by atoms with Crippen LogP contribution in [-0.4, -0.2) is 34.9 Å². The summed E-state index contributed by atoms with van der Waals surface area (Å²) >= 11 is 0. The van der Waals surface area contributed by atoms with Crippen LogP contribution < -0.4 is 5.32 Å². The maximum atomic E-state index is 12.1. The van der Waals surface area contributed by atoms with Gasteiger partial charge in [-0.05, 0) is 33.3 Å². The average molecular weight is 309 g/mol. The summed E-state index contributed by atoms with van der Waals surface area (Å²) in [6, 6.07) is 9.13. The summed E-state index contributed by atoms with van der Waals surface area (Å²) in [4.78, 5) is 23.9. The molecule has 1 atom stereocenters. The van der Waals surface area contributed by atoms with Crippen molar-refractivity contribution in [3.8, 4) is 0 Å². The third-order valence-electron chi connectivity index (χ3n) is 2.76. The van der Waals surface area contributed by atoms with Crippen molar-refractivity contribution in [3.05, 3.63) is 35.9 Å². The molecule has 0 fully saturated rings. The molecule has 1 rings (SSSR count). The van der Waals surface area contributed by atoms with Crippen molar-refractivity contribution in [2.75, 3.05) is 6.61 Å². The molecule has 6 nitrogen and oxygen atoms in total. The van der Waals surface area contributed by atoms with Crippen LogP contribution in [0.2, 0.25) is 0 Å². The molecule has 0 saturated carbocycles. The van der Waals surface area contributed by atoms with Crippen LogP contribution in [0.4, 0.5) is 4.79 Å². The molecule has 1 aromatic carbocycles. The van der Waals surface area contributed by atoms with E-state index in [1.54, 1.807) is 20.8 Å². The van der Waals surface area contributed by atoms with E-state index in [0.717, 1.165) is 5.56 Å². The third kappa shape index (κ3) is 5.73. The zero-order valence-electron chi connectivity index (χ0n) is 13.4. The van der Waals surface area contributed by atoms with E-state index < -0.39 is 29.8 Å². The summed E-state index contributed by atoms with van der Waals surface area (Å²) in [5, 5.41) is 11.8. The monoisotopic (exact) mass is 309 g/mol. The smallest absolute Gasteiger partial charge is 0.408 e. The fraction of sp³-hybridized carbons (Fsp3) is 0.500. The molecule has 2 N–H and O–H groups in total. The van der Waals surface area contributed by atoms with E-state index in [0.29, 0.717) is 0 Å². The number of hydrogen-bond donors (Lipinski definition) is 2. The van der Waals surface area contributed by atoms with E-state index in [9.17, 15) is 14.7 Å². The van der Waals surface area contributed by atoms with Crippen LogP contribution in [-0.2, 0) is 20.9 Å². The Balaban J connectivity index is 2.63. The summed E-state index contributed by atoms with van der Waals surface area (Å²) in [5.41, 5.74) is -1.45. The lowest BCUT2D eigenvalue weighted by Gasteiger charge is -2.28. The number of rotatable bonds is 5. The Morgan fingerprint density at radius 3 is 2.23 bits per heavy atom. The molecule has 0 bridgehead atoms. The average Bonchev–Trinajstić information content (AvgIpc) is 2.43. The largest absolute Gasteiger partial charge is 0.459 e. The molecule has 0 aromatic heterocycles. The summed E-state index contributed by atoms with van der Waals surface area (Å²) in [6.07, 6.45) is -0.791. The Morgan fingerprint density at radius 1 is 1.14 bits per heavy atom. The molecular formula is C16H23NO5. The topological polar surface area (TPSA) is 84.9 Å². The highest BCUT2D eigenvalue weighted by molar-refractivity contribution is 5.85. The number of carbonyl (C=O) groups excluding carboxylic acids is 2. The molecule has 0 radical (unpaired) electrons. The van der Waals surface area contributed by atoms with Gasteiger partial charge in [0.05, 0.1) is 6.61 Å². The van der Waals surface area contributed by atoms with Crippen LogP contribution in [0.15, 0.2) is 30.3 Å². The number of carbonyl (C=O) groups is 2. The number of ether oxygens (including phenoxy) is 2. The maximum Gasteiger partial charge on any atom is 0.408 e. The highest BCUT2D eigenvalue weighted by Gasteiger charge is 2.37. The number of hydrogen-bond acceptors (Lipinski definition) is 5. The molecule has 0 aliphatic heterocycles. The van der Waals surface area contributed by atoms with Crippen molar-refractivity contribution in [1.82, 2.24) is 5.32 Å². The van der Waals surface area contributed by atoms with Gasteiger partial charge in [0.15, 0.2) is 5.54 Å². The van der Waals surface area contributed by atoms with E-state index in [1.165, 1.54) is 6.92 Å². The lowest BCUT2D eigenvalue weighted by Crippen LogP contribution is -2.56. The first-order chi connectivity index (χ1) is 10.2. The molecule has 0 spiro atoms. The van der Waals surface area contributed by atoms with Crippen LogP contribution in [0.3, 0.4) is 0 Å². The SMILES string of the molecule is CC(C)(C)OC(=O)N[C@](C)(CO)C(=O)OCc1ccccc1. The van der Waals surface area contributed by atoms with Crippen LogP contribution in [0.25, 0.3) is 0 Å². The van der Waals surface area contributed by atoms with E-state index in [4.69, 9.17) is 9.47 Å². The highest BCUT2D eigenvalue weighted by Crippen LogP contribution is 2.12. The van der Waals surface area contributed by atoms with Gasteiger partial charge in [-0.15, -0.1) is 0 Å². The second kappa shape index (κ2) is 7.26. The fourth-order valence-electron chi connectivity index (χ4n) is 1.57. The minimum Gasteiger partial charge on any atom is -0.459 e. The van der Waals surface area contributed by atoms with E-state index in [2.05, 4.69) is 5.32 Å². The summed E-state index contributed by atoms with van der Waals surface area (Å²) < 4.78 is 10.2. The number of aliphatic hydroxyl groups excluding tert-OH is 1. The molecule has 22 heavy (non-hydrogen) atoms. The van der Waals surface area contributed by atoms with Gasteiger partial charge in [-0.3, -0.25) is 0 Å². The van der Waals surface area contributed by atoms with E-state index in [1.807, 2.05) is 30.3 Å². The zero-order chi connectivity index (χ0) is 16.8. The van der Waals surface area contributed by atoms with Gasteiger partial charge in [-0.25, -0.2) is 9.59 Å². The molecule has 0 aliphatic carbocycles. The van der Waals surface area contributed by atoms with Crippen LogP contribution in [0.1, 0.15) is 33.3 Å². The number of alkyl carbamates (subject to hydrolysis) is 1. The highest BCUT2D eigenvalue weighted by atomic mass is 16.6. The van der Waals surface area contributed by atoms with Crippen molar-refractivity contribution < 1.29 is 24.2 Å². The van der Waals surface area contributed by atoms with Gasteiger partial charge in [-0.1, -0.05) is 30.3 Å². The molecule has 1 aromatic rings. The van der Waals surface area contributed by atoms with Crippen molar-refractivity contribution >= 4 is 12.1 Å². The summed E-state index contributed by atoms with van der Waals surface area (Å²) in [5.74, 6) is -0.732. The van der Waals surface area contributed by atoms with E-state index >= 15 is 0 Å². The lowest BCUT2D eigenvalue weighted by atomic mass is 10.0. The van der Waals surface area contributed by atoms with Crippen LogP contribution in [0.5, 0.6) is 0 Å². The molecule has 0 unspecified atom stereocenters. The first kappa shape index (κ1) is 18.0. The second-order valence-electron chi connectivity index (χ2n) is 6.18. The normalized spacial score (nSPS) is 13.9. The van der Waals surface area contributed by atoms with E-state index in [-0.39, 0.29) is 6.61 Å². The molecule has 122 valence electrons. The van der Waals surface area contributed by atoms with Crippen LogP contribution >= 0.6 is 0 Å². The number of amides is 1. The predicted octanol–water partition coefficient (Wildman–Crippen LogP) is 2.01. The summed E-state index contributed by atoms with van der Waals surface area (Å²) in [6.45, 7) is 5.96. The number of esters is 1. The second-order valence-corrected chi connectivity index (χ2v) is 6.18. The minimum atomic E-state index is -1.56. The molecule has 0 aliphatic rings. The Kier molecular flexibility index (Phi) is 5.93. The number of benzene rings is 1. The Morgan fingerprint density at radius 2 is 1.73 bits per heavy atom. The van der Waals surface area contributed by atoms with Gasteiger partial charge in [0, 0.05) is 0 Å². The van der Waals surface area contributed by atoms with Gasteiger partial charge in [0.1, 0.15) is 12.2 Å². The molecule has 1 amide bonds. The fourth-order valence-corrected chi connectivity index (χ4v) is 1.57. The van der Waals surface area contributed by atoms with Crippen molar-refractivity contribution in [1.29, 1.82) is 0 Å². The molecule has 0 saturated heterocycles.